The molecular weight excluding hydrogens is 466 g/mol. The molecule has 28 heavy (non-hydrogen) atoms. The van der Waals surface area contributed by atoms with Crippen molar-refractivity contribution in [2.75, 3.05) is 19.1 Å². The Hall–Kier alpha value is -2.04. The van der Waals surface area contributed by atoms with Crippen LogP contribution in [0, 0.1) is 0 Å². The van der Waals surface area contributed by atoms with E-state index in [2.05, 4.69) is 26.1 Å². The maximum atomic E-state index is 12.5. The second kappa shape index (κ2) is 8.54. The molecule has 3 aromatic rings. The van der Waals surface area contributed by atoms with Gasteiger partial charge in [-0.15, -0.1) is 21.5 Å². The van der Waals surface area contributed by atoms with E-state index in [4.69, 9.17) is 13.9 Å². The summed E-state index contributed by atoms with van der Waals surface area (Å²) in [5, 5.41) is 8.45. The molecule has 146 valence electrons. The van der Waals surface area contributed by atoms with E-state index in [-0.39, 0.29) is 18.5 Å². The highest BCUT2D eigenvalue weighted by Gasteiger charge is 2.18. The number of thioether (sulfide) groups is 1. The molecule has 0 saturated carbocycles. The predicted molar refractivity (Wildman–Crippen MR) is 110 cm³/mol. The van der Waals surface area contributed by atoms with E-state index in [9.17, 15) is 4.79 Å². The molecule has 1 aliphatic heterocycles. The van der Waals surface area contributed by atoms with Gasteiger partial charge < -0.3 is 18.8 Å². The van der Waals surface area contributed by atoms with Crippen molar-refractivity contribution in [3.63, 3.8) is 0 Å². The van der Waals surface area contributed by atoms with Gasteiger partial charge >= 0.3 is 0 Å². The molecule has 0 aliphatic carbocycles. The number of halogens is 1. The summed E-state index contributed by atoms with van der Waals surface area (Å²) in [6.07, 6.45) is 0. The first-order valence-corrected chi connectivity index (χ1v) is 11.1. The van der Waals surface area contributed by atoms with Crippen molar-refractivity contribution in [3.8, 4) is 23.0 Å². The van der Waals surface area contributed by atoms with E-state index in [1.165, 1.54) is 11.8 Å². The Bertz CT molecular complexity index is 991. The number of hydrogen-bond donors (Lipinski definition) is 0. The number of thiophene rings is 1. The summed E-state index contributed by atoms with van der Waals surface area (Å²) in [4.78, 5) is 15.5. The number of carbonyl (C=O) groups is 1. The summed E-state index contributed by atoms with van der Waals surface area (Å²) in [5.41, 5.74) is 0.744. The fourth-order valence-corrected chi connectivity index (χ4v) is 4.80. The van der Waals surface area contributed by atoms with Crippen molar-refractivity contribution in [2.45, 2.75) is 18.7 Å². The molecule has 10 heteroatoms. The summed E-state index contributed by atoms with van der Waals surface area (Å²) in [6, 6.07) is 9.45. The molecule has 0 spiro atoms. The first-order chi connectivity index (χ1) is 13.6. The monoisotopic (exact) mass is 481 g/mol. The summed E-state index contributed by atoms with van der Waals surface area (Å²) in [6.45, 7) is 3.41. The topological polar surface area (TPSA) is 77.7 Å². The molecule has 0 N–H and O–H groups in total. The molecule has 7 nitrogen and oxygen atoms in total. The normalized spacial score (nSPS) is 12.4. The van der Waals surface area contributed by atoms with Gasteiger partial charge in [0.05, 0.1) is 16.1 Å². The largest absolute Gasteiger partial charge is 0.454 e. The highest BCUT2D eigenvalue weighted by molar-refractivity contribution is 9.11. The van der Waals surface area contributed by atoms with Crippen LogP contribution in [0.25, 0.3) is 11.5 Å². The third-order valence-corrected chi connectivity index (χ3v) is 6.47. The summed E-state index contributed by atoms with van der Waals surface area (Å²) >= 11 is 6.31. The Morgan fingerprint density at radius 2 is 2.11 bits per heavy atom. The average Bonchev–Trinajstić information content (AvgIpc) is 3.44. The zero-order valence-electron chi connectivity index (χ0n) is 14.9. The quantitative estimate of drug-likeness (QED) is 0.461. The molecule has 1 amide bonds. The lowest BCUT2D eigenvalue weighted by Gasteiger charge is -2.19. The lowest BCUT2D eigenvalue weighted by atomic mass is 10.2. The minimum absolute atomic E-state index is 0.0276. The van der Waals surface area contributed by atoms with E-state index in [0.29, 0.717) is 35.7 Å². The number of aromatic nitrogens is 2. The number of rotatable bonds is 7. The number of nitrogens with zero attached hydrogens (tertiary/aromatic N) is 3. The van der Waals surface area contributed by atoms with Gasteiger partial charge in [-0.2, -0.15) is 0 Å². The molecule has 2 aromatic heterocycles. The highest BCUT2D eigenvalue weighted by atomic mass is 79.9. The molecule has 0 bridgehead atoms. The Kier molecular flexibility index (Phi) is 5.88. The maximum absolute atomic E-state index is 12.5. The van der Waals surface area contributed by atoms with Gasteiger partial charge in [-0.25, -0.2) is 0 Å². The van der Waals surface area contributed by atoms with E-state index in [0.717, 1.165) is 14.2 Å². The van der Waals surface area contributed by atoms with Crippen LogP contribution in [-0.4, -0.2) is 40.1 Å². The molecule has 0 fully saturated rings. The lowest BCUT2D eigenvalue weighted by Crippen LogP contribution is -2.31. The Morgan fingerprint density at radius 1 is 1.25 bits per heavy atom. The first kappa shape index (κ1) is 19.3. The van der Waals surface area contributed by atoms with Crippen molar-refractivity contribution in [1.82, 2.24) is 15.1 Å². The second-order valence-corrected chi connectivity index (χ2v) is 9.32. The van der Waals surface area contributed by atoms with Crippen LogP contribution in [-0.2, 0) is 11.3 Å². The fraction of sp³-hybridized carbons (Fsp3) is 0.278. The minimum Gasteiger partial charge on any atom is -0.454 e. The molecule has 0 saturated heterocycles. The van der Waals surface area contributed by atoms with Crippen LogP contribution in [0.4, 0.5) is 0 Å². The van der Waals surface area contributed by atoms with Gasteiger partial charge in [-0.1, -0.05) is 11.8 Å². The zero-order chi connectivity index (χ0) is 19.5. The molecule has 0 radical (unpaired) electrons. The Morgan fingerprint density at radius 3 is 2.89 bits per heavy atom. The molecular formula is C18H16BrN3O4S2. The molecule has 1 aromatic carbocycles. The SMILES string of the molecule is CCN(Cc1ccc(Br)s1)C(=O)CSc1nnc(-c2ccc3c(c2)OCO3)o1. The standard InChI is InChI=1S/C18H16BrN3O4S2/c1-2-22(8-12-4-6-15(19)28-12)16(23)9-27-18-21-20-17(26-18)11-3-5-13-14(7-11)25-10-24-13/h3-7H,2,8-10H2,1H3. The van der Waals surface area contributed by atoms with Crippen LogP contribution in [0.15, 0.2) is 43.8 Å². The van der Waals surface area contributed by atoms with E-state index < -0.39 is 0 Å². The average molecular weight is 482 g/mol. The number of amides is 1. The van der Waals surface area contributed by atoms with Gasteiger partial charge in [0.15, 0.2) is 11.5 Å². The molecule has 4 rings (SSSR count). The first-order valence-electron chi connectivity index (χ1n) is 8.50. The van der Waals surface area contributed by atoms with Crippen LogP contribution >= 0.6 is 39.0 Å². The van der Waals surface area contributed by atoms with Crippen LogP contribution < -0.4 is 9.47 Å². The van der Waals surface area contributed by atoms with Crippen molar-refractivity contribution in [1.29, 1.82) is 0 Å². The molecule has 3 heterocycles. The third-order valence-electron chi connectivity index (χ3n) is 4.06. The van der Waals surface area contributed by atoms with Crippen molar-refractivity contribution in [3.05, 3.63) is 39.0 Å². The highest BCUT2D eigenvalue weighted by Crippen LogP contribution is 2.36. The number of hydrogen-bond acceptors (Lipinski definition) is 8. The van der Waals surface area contributed by atoms with E-state index in [1.54, 1.807) is 28.4 Å². The van der Waals surface area contributed by atoms with Crippen molar-refractivity contribution in [2.24, 2.45) is 0 Å². The van der Waals surface area contributed by atoms with Crippen molar-refractivity contribution >= 4 is 44.9 Å². The Labute approximate surface area is 178 Å². The molecule has 0 atom stereocenters. The van der Waals surface area contributed by atoms with Gasteiger partial charge in [0.1, 0.15) is 0 Å². The second-order valence-electron chi connectivity index (χ2n) is 5.84. The van der Waals surface area contributed by atoms with Crippen molar-refractivity contribution < 1.29 is 18.7 Å². The summed E-state index contributed by atoms with van der Waals surface area (Å²) < 4.78 is 17.4. The third kappa shape index (κ3) is 4.34. The van der Waals surface area contributed by atoms with Crippen LogP contribution in [0.1, 0.15) is 11.8 Å². The number of ether oxygens (including phenoxy) is 2. The maximum Gasteiger partial charge on any atom is 0.277 e. The number of fused-ring (bicyclic) bond motifs is 1. The lowest BCUT2D eigenvalue weighted by molar-refractivity contribution is -0.128. The smallest absolute Gasteiger partial charge is 0.277 e. The van der Waals surface area contributed by atoms with Crippen LogP contribution in [0.5, 0.6) is 11.5 Å². The van der Waals surface area contributed by atoms with Gasteiger partial charge in [-0.3, -0.25) is 4.79 Å². The van der Waals surface area contributed by atoms with E-state index >= 15 is 0 Å². The van der Waals surface area contributed by atoms with Gasteiger partial charge in [0.2, 0.25) is 18.6 Å². The molecule has 1 aliphatic rings. The minimum atomic E-state index is 0.0276. The zero-order valence-corrected chi connectivity index (χ0v) is 18.1. The van der Waals surface area contributed by atoms with Crippen LogP contribution in [0.3, 0.4) is 0 Å². The van der Waals surface area contributed by atoms with Gasteiger partial charge in [0.25, 0.3) is 5.22 Å². The van der Waals surface area contributed by atoms with Gasteiger partial charge in [-0.05, 0) is 53.2 Å². The van der Waals surface area contributed by atoms with E-state index in [1.807, 2.05) is 25.1 Å². The number of carbonyl (C=O) groups excluding carboxylic acids is 1. The van der Waals surface area contributed by atoms with Gasteiger partial charge in [0, 0.05) is 17.0 Å². The predicted octanol–water partition coefficient (Wildman–Crippen LogP) is 4.43. The van der Waals surface area contributed by atoms with Crippen LogP contribution in [0.2, 0.25) is 0 Å². The summed E-state index contributed by atoms with van der Waals surface area (Å²) in [5.74, 6) is 1.99. The number of benzene rings is 1. The summed E-state index contributed by atoms with van der Waals surface area (Å²) in [7, 11) is 0. The molecule has 0 unspecified atom stereocenters. The fourth-order valence-electron chi connectivity index (χ4n) is 2.63. The Balaban J connectivity index is 1.36.